The smallest absolute Gasteiger partial charge is 0.248 e. The van der Waals surface area contributed by atoms with Crippen LogP contribution in [0.25, 0.3) is 0 Å². The maximum Gasteiger partial charge on any atom is 0.248 e. The lowest BCUT2D eigenvalue weighted by molar-refractivity contribution is -0.146. The summed E-state index contributed by atoms with van der Waals surface area (Å²) in [6.45, 7) is 1.85. The van der Waals surface area contributed by atoms with Crippen LogP contribution in [0.2, 0.25) is 5.02 Å². The fourth-order valence-corrected chi connectivity index (χ4v) is 8.35. The van der Waals surface area contributed by atoms with Gasteiger partial charge in [-0.2, -0.15) is 0 Å². The number of carbonyl (C=O) groups is 3. The second kappa shape index (κ2) is 9.70. The fourth-order valence-electron chi connectivity index (χ4n) is 7.08. The van der Waals surface area contributed by atoms with Gasteiger partial charge in [0.2, 0.25) is 17.7 Å². The first kappa shape index (κ1) is 27.2. The Labute approximate surface area is 258 Å². The molecule has 5 nitrogen and oxygen atoms in total. The van der Waals surface area contributed by atoms with Crippen molar-refractivity contribution in [2.75, 3.05) is 5.32 Å². The number of nitrogens with zero attached hydrogens (tertiary/aromatic N) is 1. The van der Waals surface area contributed by atoms with Gasteiger partial charge >= 0.3 is 0 Å². The number of benzene rings is 4. The van der Waals surface area contributed by atoms with E-state index >= 15 is 0 Å². The van der Waals surface area contributed by atoms with Crippen molar-refractivity contribution in [2.45, 2.75) is 29.1 Å². The summed E-state index contributed by atoms with van der Waals surface area (Å²) >= 11 is 21.4. The first-order valence-electron chi connectivity index (χ1n) is 13.7. The van der Waals surface area contributed by atoms with E-state index in [-0.39, 0.29) is 6.42 Å². The first-order chi connectivity index (χ1) is 20.2. The van der Waals surface area contributed by atoms with Crippen LogP contribution in [0, 0.1) is 18.8 Å². The van der Waals surface area contributed by atoms with Crippen LogP contribution >= 0.6 is 34.8 Å². The third-order valence-corrected chi connectivity index (χ3v) is 10.5. The van der Waals surface area contributed by atoms with Crippen molar-refractivity contribution in [1.82, 2.24) is 4.90 Å². The fraction of sp³-hybridized carbons (Fsp3) is 0.206. The molecule has 210 valence electrons. The lowest BCUT2D eigenvalue weighted by Crippen LogP contribution is -2.57. The van der Waals surface area contributed by atoms with Gasteiger partial charge in [-0.3, -0.25) is 19.3 Å². The highest BCUT2D eigenvalue weighted by atomic mass is 35.5. The van der Waals surface area contributed by atoms with Gasteiger partial charge in [-0.25, -0.2) is 0 Å². The van der Waals surface area contributed by atoms with Crippen LogP contribution < -0.4 is 5.32 Å². The average molecular weight is 616 g/mol. The highest BCUT2D eigenvalue weighted by Crippen LogP contribution is 2.69. The predicted octanol–water partition coefficient (Wildman–Crippen LogP) is 6.79. The Bertz CT molecular complexity index is 1670. The molecule has 0 unspecified atom stereocenters. The normalized spacial score (nSPS) is 26.0. The topological polar surface area (TPSA) is 66.5 Å². The largest absolute Gasteiger partial charge is 0.324 e. The number of anilines is 1. The van der Waals surface area contributed by atoms with Gasteiger partial charge in [0.05, 0.1) is 11.8 Å². The molecule has 4 aromatic rings. The molecule has 4 aromatic carbocycles. The zero-order valence-corrected chi connectivity index (χ0v) is 24.8. The van der Waals surface area contributed by atoms with E-state index in [0.717, 1.165) is 16.0 Å². The molecule has 3 aliphatic carbocycles. The third kappa shape index (κ3) is 3.67. The van der Waals surface area contributed by atoms with E-state index in [1.54, 1.807) is 18.2 Å². The number of rotatable bonds is 5. The Morgan fingerprint density at radius 3 is 1.76 bits per heavy atom. The number of carbonyl (C=O) groups excluding carboxylic acids is 3. The minimum Gasteiger partial charge on any atom is -0.324 e. The molecule has 1 N–H and O–H groups in total. The SMILES string of the molecule is Cc1ccc(Cl)cc1NC(=O)[C@@H](Cc1ccccc1)N1C(=O)[C@@H]2[C@H](C1=O)C1(Cl)c3ccccc3C2(Cl)c2ccccc21. The average Bonchev–Trinajstić information content (AvgIpc) is 3.27. The lowest BCUT2D eigenvalue weighted by atomic mass is 9.54. The lowest BCUT2D eigenvalue weighted by Gasteiger charge is -2.54. The summed E-state index contributed by atoms with van der Waals surface area (Å²) in [5, 5.41) is 3.38. The summed E-state index contributed by atoms with van der Waals surface area (Å²) in [4.78, 5) is 41.7. The molecule has 1 aliphatic heterocycles. The number of hydrogen-bond donors (Lipinski definition) is 1. The summed E-state index contributed by atoms with van der Waals surface area (Å²) in [5.74, 6) is -3.50. The maximum absolute atomic E-state index is 14.6. The van der Waals surface area contributed by atoms with Crippen LogP contribution in [-0.2, 0) is 30.6 Å². The molecule has 0 radical (unpaired) electrons. The molecule has 4 aliphatic rings. The number of likely N-dealkylation sites (tertiary alicyclic amines) is 1. The number of alkyl halides is 2. The van der Waals surface area contributed by atoms with E-state index < -0.39 is 45.3 Å². The van der Waals surface area contributed by atoms with Crippen LogP contribution in [0.3, 0.4) is 0 Å². The number of aryl methyl sites for hydroxylation is 1. The standard InChI is InChI=1S/C34H25Cl3N2O3/c1-19-15-16-21(35)18-26(19)38-30(40)27(17-20-9-3-2-4-10-20)39-31(41)28-29(32(39)42)34(37)23-12-6-5-11-22(23)33(28,36)24-13-7-8-14-25(24)34/h2-16,18,27-29H,17H2,1H3,(H,38,40)/t27-,28-,29+,33?,34?/m1/s1. The Morgan fingerprint density at radius 2 is 1.26 bits per heavy atom. The van der Waals surface area contributed by atoms with E-state index in [9.17, 15) is 14.4 Å². The first-order valence-corrected chi connectivity index (χ1v) is 14.9. The van der Waals surface area contributed by atoms with Crippen molar-refractivity contribution >= 4 is 58.2 Å². The van der Waals surface area contributed by atoms with E-state index in [1.165, 1.54) is 0 Å². The number of halogens is 3. The quantitative estimate of drug-likeness (QED) is 0.199. The van der Waals surface area contributed by atoms with E-state index in [1.807, 2.05) is 85.8 Å². The van der Waals surface area contributed by atoms with Gasteiger partial charge in [0.1, 0.15) is 15.8 Å². The van der Waals surface area contributed by atoms with Gasteiger partial charge in [0, 0.05) is 17.1 Å². The Kier molecular flexibility index (Phi) is 6.28. The van der Waals surface area contributed by atoms with E-state index in [0.29, 0.717) is 33.0 Å². The summed E-state index contributed by atoms with van der Waals surface area (Å²) < 4.78 is 0. The monoisotopic (exact) mass is 614 g/mol. The Morgan fingerprint density at radius 1 is 0.786 bits per heavy atom. The Hall–Kier alpha value is -3.64. The number of nitrogens with one attached hydrogen (secondary N) is 1. The second-order valence-corrected chi connectivity index (χ2v) is 12.8. The predicted molar refractivity (Wildman–Crippen MR) is 164 cm³/mol. The minimum absolute atomic E-state index is 0.119. The van der Waals surface area contributed by atoms with Crippen LogP contribution in [0.1, 0.15) is 33.4 Å². The molecule has 0 aromatic heterocycles. The van der Waals surface area contributed by atoms with Gasteiger partial charge in [0.15, 0.2) is 0 Å². The molecule has 8 rings (SSSR count). The zero-order chi connectivity index (χ0) is 29.4. The van der Waals surface area contributed by atoms with E-state index in [4.69, 9.17) is 34.8 Å². The summed E-state index contributed by atoms with van der Waals surface area (Å²) in [5.41, 5.74) is 4.94. The molecule has 8 heteroatoms. The molecule has 2 bridgehead atoms. The van der Waals surface area contributed by atoms with Crippen LogP contribution in [0.5, 0.6) is 0 Å². The number of hydrogen-bond acceptors (Lipinski definition) is 3. The van der Waals surface area contributed by atoms with Gasteiger partial charge < -0.3 is 5.32 Å². The zero-order valence-electron chi connectivity index (χ0n) is 22.5. The number of amides is 3. The van der Waals surface area contributed by atoms with Crippen molar-refractivity contribution in [3.8, 4) is 0 Å². The van der Waals surface area contributed by atoms with Crippen molar-refractivity contribution in [3.63, 3.8) is 0 Å². The summed E-state index contributed by atoms with van der Waals surface area (Å²) in [6.07, 6.45) is 0.119. The molecular weight excluding hydrogens is 591 g/mol. The van der Waals surface area contributed by atoms with Crippen molar-refractivity contribution < 1.29 is 14.4 Å². The summed E-state index contributed by atoms with van der Waals surface area (Å²) in [7, 11) is 0. The second-order valence-electron chi connectivity index (χ2n) is 11.2. The third-order valence-electron chi connectivity index (χ3n) is 8.96. The molecule has 0 saturated carbocycles. The molecule has 3 atom stereocenters. The highest BCUT2D eigenvalue weighted by Gasteiger charge is 2.73. The molecule has 1 heterocycles. The maximum atomic E-state index is 14.6. The van der Waals surface area contributed by atoms with Crippen LogP contribution in [0.4, 0.5) is 5.69 Å². The molecule has 42 heavy (non-hydrogen) atoms. The van der Waals surface area contributed by atoms with Crippen molar-refractivity contribution in [3.05, 3.63) is 135 Å². The molecule has 0 spiro atoms. The van der Waals surface area contributed by atoms with Gasteiger partial charge in [-0.1, -0.05) is 96.5 Å². The van der Waals surface area contributed by atoms with Crippen LogP contribution in [-0.4, -0.2) is 28.7 Å². The molecule has 1 fully saturated rings. The van der Waals surface area contributed by atoms with E-state index in [2.05, 4.69) is 5.32 Å². The number of imide groups is 1. The van der Waals surface area contributed by atoms with Gasteiger partial charge in [-0.15, -0.1) is 23.2 Å². The summed E-state index contributed by atoms with van der Waals surface area (Å²) in [6, 6.07) is 28.3. The van der Waals surface area contributed by atoms with Crippen molar-refractivity contribution in [2.24, 2.45) is 11.8 Å². The molecular formula is C34H25Cl3N2O3. The van der Waals surface area contributed by atoms with Gasteiger partial charge in [0.25, 0.3) is 0 Å². The molecule has 3 amide bonds. The van der Waals surface area contributed by atoms with Crippen molar-refractivity contribution in [1.29, 1.82) is 0 Å². The highest BCUT2D eigenvalue weighted by molar-refractivity contribution is 6.36. The Balaban J connectivity index is 1.37. The minimum atomic E-state index is -1.33. The molecule has 1 saturated heterocycles. The van der Waals surface area contributed by atoms with Gasteiger partial charge in [-0.05, 0) is 52.4 Å². The van der Waals surface area contributed by atoms with Crippen LogP contribution in [0.15, 0.2) is 97.1 Å².